The fourth-order valence-corrected chi connectivity index (χ4v) is 4.06. The second-order valence-corrected chi connectivity index (χ2v) is 10.4. The van der Waals surface area contributed by atoms with E-state index < -0.39 is 0 Å². The van der Waals surface area contributed by atoms with Crippen molar-refractivity contribution in [3.8, 4) is 5.75 Å². The second-order valence-electron chi connectivity index (χ2n) is 10.4. The quantitative estimate of drug-likeness (QED) is 0.119. The zero-order valence-electron chi connectivity index (χ0n) is 22.9. The average molecular weight is 550 g/mol. The zero-order chi connectivity index (χ0) is 27.2. The Morgan fingerprint density at radius 1 is 0.700 bits per heavy atom. The Bertz CT molecular complexity index is 1140. The Morgan fingerprint density at radius 3 is 1.93 bits per heavy atom. The molecule has 6 heteroatoms. The summed E-state index contributed by atoms with van der Waals surface area (Å²) in [6.45, 7) is 1.05. The minimum atomic E-state index is -0.176. The molecule has 6 nitrogen and oxygen atoms in total. The van der Waals surface area contributed by atoms with Crippen molar-refractivity contribution in [1.82, 2.24) is 4.48 Å². The van der Waals surface area contributed by atoms with E-state index in [2.05, 4.69) is 38.6 Å². The molecule has 3 aromatic rings. The Balaban J connectivity index is 0.00000400. The van der Waals surface area contributed by atoms with Gasteiger partial charge < -0.3 is 14.8 Å². The van der Waals surface area contributed by atoms with Crippen molar-refractivity contribution in [2.75, 3.05) is 39.7 Å². The predicted molar refractivity (Wildman–Crippen MR) is 168 cm³/mol. The van der Waals surface area contributed by atoms with Crippen LogP contribution in [0.3, 0.4) is 0 Å². The molecule has 0 fully saturated rings. The molecule has 0 radical (unpaired) electrons. The topological polar surface area (TPSA) is 64.6 Å². The number of unbranched alkanes of at least 4 members (excludes halogenated alkanes) is 5. The minimum Gasteiger partial charge on any atom is -0.493 e. The van der Waals surface area contributed by atoms with Gasteiger partial charge >= 0.3 is 5.97 Å². The van der Waals surface area contributed by atoms with Crippen LogP contribution < -0.4 is 14.5 Å². The summed E-state index contributed by atoms with van der Waals surface area (Å²) in [6.07, 6.45) is 6.42. The normalized spacial score (nSPS) is 10.6. The molecule has 0 aliphatic carbocycles. The summed E-state index contributed by atoms with van der Waals surface area (Å²) in [7, 11) is 6.35. The lowest BCUT2D eigenvalue weighted by Gasteiger charge is -2.23. The standard InChI is InChI=1S/C32H40N2O4.2CH4/c1-34(2,3)28-21-19-26(20-22-28)25-31(35)38-24-14-7-5-4-6-13-23-37-30-18-12-11-17-29(30)32(36)33-27-15-9-8-10-16-27;;/h8-12,15-22H,4-7,13-14,23-25H2,1-3H3;2*1H4/p+1. The van der Waals surface area contributed by atoms with Gasteiger partial charge in [-0.05, 0) is 54.8 Å². The van der Waals surface area contributed by atoms with E-state index in [1.165, 1.54) is 5.69 Å². The van der Waals surface area contributed by atoms with Gasteiger partial charge in [0.1, 0.15) is 11.4 Å². The van der Waals surface area contributed by atoms with Crippen LogP contribution in [0, 0.1) is 0 Å². The number of nitrogens with one attached hydrogen (secondary N) is 1. The third-order valence-corrected chi connectivity index (χ3v) is 6.28. The maximum Gasteiger partial charge on any atom is 0.310 e. The Hall–Kier alpha value is -3.64. The van der Waals surface area contributed by atoms with E-state index in [1.54, 1.807) is 6.07 Å². The summed E-state index contributed by atoms with van der Waals surface area (Å²) < 4.78 is 12.1. The molecule has 3 rings (SSSR count). The molecule has 0 aliphatic rings. The SMILES string of the molecule is C.C.C[N+](C)(C)c1ccc(CC(=O)OCCCCCCCCOc2ccccc2C(=O)Nc2ccccc2)cc1. The first-order valence-electron chi connectivity index (χ1n) is 13.5. The van der Waals surface area contributed by atoms with Gasteiger partial charge in [0.05, 0.1) is 46.3 Å². The highest BCUT2D eigenvalue weighted by molar-refractivity contribution is 6.06. The molecule has 0 atom stereocenters. The van der Waals surface area contributed by atoms with Crippen LogP contribution in [0.4, 0.5) is 11.4 Å². The third-order valence-electron chi connectivity index (χ3n) is 6.28. The average Bonchev–Trinajstić information content (AvgIpc) is 2.90. The molecule has 0 saturated carbocycles. The lowest BCUT2D eigenvalue weighted by molar-refractivity contribution is -0.142. The number of quaternary nitrogens is 1. The van der Waals surface area contributed by atoms with E-state index in [4.69, 9.17) is 9.47 Å². The summed E-state index contributed by atoms with van der Waals surface area (Å²) in [4.78, 5) is 24.8. The number of nitrogens with zero attached hydrogens (tertiary/aromatic N) is 1. The van der Waals surface area contributed by atoms with Crippen molar-refractivity contribution in [3.63, 3.8) is 0 Å². The summed E-state index contributed by atoms with van der Waals surface area (Å²) in [5.74, 6) is 0.259. The molecular weight excluding hydrogens is 500 g/mol. The van der Waals surface area contributed by atoms with Crippen LogP contribution in [-0.2, 0) is 16.0 Å². The number of hydrogen-bond donors (Lipinski definition) is 1. The Morgan fingerprint density at radius 2 is 1.27 bits per heavy atom. The van der Waals surface area contributed by atoms with E-state index in [-0.39, 0.29) is 26.7 Å². The number of ether oxygens (including phenoxy) is 2. The molecule has 0 saturated heterocycles. The molecule has 0 aromatic heterocycles. The number of benzene rings is 3. The van der Waals surface area contributed by atoms with Gasteiger partial charge in [-0.1, -0.05) is 83.0 Å². The Labute approximate surface area is 241 Å². The highest BCUT2D eigenvalue weighted by Gasteiger charge is 2.13. The van der Waals surface area contributed by atoms with Crippen LogP contribution in [0.1, 0.15) is 69.3 Å². The van der Waals surface area contributed by atoms with Crippen LogP contribution >= 0.6 is 0 Å². The van der Waals surface area contributed by atoms with Crippen LogP contribution in [0.2, 0.25) is 0 Å². The number of carbonyl (C=O) groups excluding carboxylic acids is 2. The second kappa shape index (κ2) is 17.9. The van der Waals surface area contributed by atoms with Gasteiger partial charge in [-0.2, -0.15) is 0 Å². The van der Waals surface area contributed by atoms with Crippen LogP contribution in [-0.4, -0.2) is 46.2 Å². The summed E-state index contributed by atoms with van der Waals surface area (Å²) in [5, 5.41) is 2.91. The van der Waals surface area contributed by atoms with Crippen molar-refractivity contribution in [2.24, 2.45) is 0 Å². The molecular formula is C34H49N2O4+. The van der Waals surface area contributed by atoms with Gasteiger partial charge in [0.15, 0.2) is 0 Å². The molecule has 3 aromatic carbocycles. The fourth-order valence-electron chi connectivity index (χ4n) is 4.06. The lowest BCUT2D eigenvalue weighted by Crippen LogP contribution is -2.34. The predicted octanol–water partition coefficient (Wildman–Crippen LogP) is 7.91. The monoisotopic (exact) mass is 549 g/mol. The maximum absolute atomic E-state index is 12.7. The highest BCUT2D eigenvalue weighted by Crippen LogP contribution is 2.21. The molecule has 0 heterocycles. The lowest BCUT2D eigenvalue weighted by atomic mass is 10.1. The number of rotatable bonds is 15. The van der Waals surface area contributed by atoms with Gasteiger partial charge in [-0.15, -0.1) is 0 Å². The number of anilines is 1. The summed E-state index contributed by atoms with van der Waals surface area (Å²) >= 11 is 0. The molecule has 40 heavy (non-hydrogen) atoms. The number of hydrogen-bond acceptors (Lipinski definition) is 4. The van der Waals surface area contributed by atoms with Crippen LogP contribution in [0.5, 0.6) is 5.75 Å². The molecule has 1 N–H and O–H groups in total. The Kier molecular flexibility index (Phi) is 15.3. The van der Waals surface area contributed by atoms with Crippen molar-refractivity contribution in [1.29, 1.82) is 0 Å². The smallest absolute Gasteiger partial charge is 0.310 e. The maximum atomic E-state index is 12.7. The van der Waals surface area contributed by atoms with Crippen LogP contribution in [0.25, 0.3) is 0 Å². The zero-order valence-corrected chi connectivity index (χ0v) is 22.9. The minimum absolute atomic E-state index is 0. The van der Waals surface area contributed by atoms with Crippen molar-refractivity contribution in [3.05, 3.63) is 90.0 Å². The van der Waals surface area contributed by atoms with E-state index >= 15 is 0 Å². The molecule has 0 unspecified atom stereocenters. The van der Waals surface area contributed by atoms with E-state index in [9.17, 15) is 9.59 Å². The largest absolute Gasteiger partial charge is 0.493 e. The number of esters is 1. The molecule has 218 valence electrons. The van der Waals surface area contributed by atoms with E-state index in [0.29, 0.717) is 30.9 Å². The fraction of sp³-hybridized carbons (Fsp3) is 0.412. The van der Waals surface area contributed by atoms with Gasteiger partial charge in [-0.3, -0.25) is 14.1 Å². The van der Waals surface area contributed by atoms with E-state index in [1.807, 2.05) is 60.7 Å². The van der Waals surface area contributed by atoms with Gasteiger partial charge in [0.2, 0.25) is 0 Å². The molecule has 0 aliphatic heterocycles. The van der Waals surface area contributed by atoms with Crippen molar-refractivity contribution in [2.45, 2.75) is 59.8 Å². The van der Waals surface area contributed by atoms with Crippen molar-refractivity contribution < 1.29 is 19.1 Å². The van der Waals surface area contributed by atoms with Gasteiger partial charge in [-0.25, -0.2) is 0 Å². The third kappa shape index (κ3) is 12.0. The first-order chi connectivity index (χ1) is 18.3. The number of carbonyl (C=O) groups is 2. The first-order valence-corrected chi connectivity index (χ1v) is 13.5. The van der Waals surface area contributed by atoms with E-state index in [0.717, 1.165) is 54.3 Å². The van der Waals surface area contributed by atoms with Gasteiger partial charge in [0, 0.05) is 5.69 Å². The van der Waals surface area contributed by atoms with Crippen LogP contribution in [0.15, 0.2) is 78.9 Å². The summed E-state index contributed by atoms with van der Waals surface area (Å²) in [6, 6.07) is 24.9. The first kappa shape index (κ1) is 34.4. The molecule has 1 amide bonds. The molecule has 0 bridgehead atoms. The van der Waals surface area contributed by atoms with Crippen molar-refractivity contribution >= 4 is 23.3 Å². The highest BCUT2D eigenvalue weighted by atomic mass is 16.5. The number of para-hydroxylation sites is 2. The number of amides is 1. The summed E-state index contributed by atoms with van der Waals surface area (Å²) in [5.41, 5.74) is 3.47. The molecule has 0 spiro atoms. The van der Waals surface area contributed by atoms with Gasteiger partial charge in [0.25, 0.3) is 5.91 Å².